The predicted octanol–water partition coefficient (Wildman–Crippen LogP) is -0.212. The first-order valence-electron chi connectivity index (χ1n) is 7.74. The monoisotopic (exact) mass is 326 g/mol. The molecule has 0 radical (unpaired) electrons. The van der Waals surface area contributed by atoms with Gasteiger partial charge >= 0.3 is 5.97 Å². The minimum atomic E-state index is -1.19. The number of esters is 1. The predicted molar refractivity (Wildman–Crippen MR) is 79.4 cm³/mol. The van der Waals surface area contributed by atoms with E-state index < -0.39 is 37.1 Å². The molecule has 0 aliphatic carbocycles. The summed E-state index contributed by atoms with van der Waals surface area (Å²) in [7, 11) is 0. The van der Waals surface area contributed by atoms with E-state index in [0.717, 1.165) is 6.42 Å². The normalized spacial score (nSPS) is 27.4. The van der Waals surface area contributed by atoms with Crippen molar-refractivity contribution in [1.82, 2.24) is 0 Å². The maximum atomic E-state index is 12.0. The molecule has 0 amide bonds. The lowest BCUT2D eigenvalue weighted by Crippen LogP contribution is -2.46. The van der Waals surface area contributed by atoms with E-state index in [4.69, 9.17) is 14.6 Å². The number of aliphatic hydroxyl groups is 3. The highest BCUT2D eigenvalue weighted by Crippen LogP contribution is 2.25. The molecule has 0 spiro atoms. The average Bonchev–Trinajstić information content (AvgIpc) is 2.82. The van der Waals surface area contributed by atoms with Crippen molar-refractivity contribution < 1.29 is 34.2 Å². The molecule has 0 bridgehead atoms. The lowest BCUT2D eigenvalue weighted by molar-refractivity contribution is -0.765. The molecule has 2 rings (SSSR count). The zero-order valence-corrected chi connectivity index (χ0v) is 13.3. The van der Waals surface area contributed by atoms with E-state index in [2.05, 4.69) is 0 Å². The molecular weight excluding hydrogens is 302 g/mol. The van der Waals surface area contributed by atoms with Crippen molar-refractivity contribution in [2.75, 3.05) is 13.2 Å². The summed E-state index contributed by atoms with van der Waals surface area (Å²) >= 11 is 0. The summed E-state index contributed by atoms with van der Waals surface area (Å²) in [5.74, 6) is -0.00538. The number of nitrogens with zero attached hydrogens (tertiary/aromatic N) is 1. The highest BCUT2D eigenvalue weighted by molar-refractivity contribution is 5.88. The fraction of sp³-hybridized carbons (Fsp3) is 0.625. The first kappa shape index (κ1) is 17.8. The van der Waals surface area contributed by atoms with Gasteiger partial charge in [0.15, 0.2) is 18.5 Å². The van der Waals surface area contributed by atoms with Crippen LogP contribution < -0.4 is 4.57 Å². The van der Waals surface area contributed by atoms with E-state index in [0.29, 0.717) is 18.1 Å². The maximum Gasteiger partial charge on any atom is 0.344 e. The number of aromatic nitrogens is 1. The third-order valence-corrected chi connectivity index (χ3v) is 3.80. The Morgan fingerprint density at radius 2 is 2.13 bits per heavy atom. The van der Waals surface area contributed by atoms with Crippen molar-refractivity contribution >= 4 is 5.97 Å². The molecule has 23 heavy (non-hydrogen) atoms. The Hall–Kier alpha value is -1.54. The van der Waals surface area contributed by atoms with Crippen LogP contribution in [0.25, 0.3) is 0 Å². The lowest BCUT2D eigenvalue weighted by Gasteiger charge is -2.10. The number of rotatable bonds is 6. The van der Waals surface area contributed by atoms with Gasteiger partial charge in [0, 0.05) is 6.07 Å². The summed E-state index contributed by atoms with van der Waals surface area (Å²) in [5.41, 5.74) is 0.328. The molecule has 1 aliphatic heterocycles. The molecule has 0 aromatic carbocycles. The zero-order valence-electron chi connectivity index (χ0n) is 13.3. The molecule has 0 saturated carbocycles. The number of pyridine rings is 1. The Kier molecular flexibility index (Phi) is 6.06. The largest absolute Gasteiger partial charge is 0.462 e. The molecule has 1 aromatic rings. The molecule has 7 heteroatoms. The van der Waals surface area contributed by atoms with Crippen molar-refractivity contribution in [2.45, 2.75) is 44.8 Å². The Labute approximate surface area is 135 Å². The van der Waals surface area contributed by atoms with Crippen molar-refractivity contribution in [1.29, 1.82) is 0 Å². The number of carbonyl (C=O) groups is 1. The number of ether oxygens (including phenoxy) is 2. The topological polar surface area (TPSA) is 100 Å². The minimum Gasteiger partial charge on any atom is -0.462 e. The van der Waals surface area contributed by atoms with E-state index in [1.165, 1.54) is 10.8 Å². The summed E-state index contributed by atoms with van der Waals surface area (Å²) < 4.78 is 12.1. The number of hydrogen-bond acceptors (Lipinski definition) is 6. The standard InChI is InChI=1S/C16H24NO6/c1-10(2)5-7-22-16(21)11-4-3-6-17(8-11)15-14(20)13(19)12(9-18)23-15/h3-4,6,8,10,12-15,18-20H,5,7,9H2,1-2H3/q+1/t12-,13?,14?,15-/m1/s1. The lowest BCUT2D eigenvalue weighted by atomic mass is 10.1. The summed E-state index contributed by atoms with van der Waals surface area (Å²) in [6, 6.07) is 3.24. The van der Waals surface area contributed by atoms with E-state index >= 15 is 0 Å². The molecule has 7 nitrogen and oxygen atoms in total. The fourth-order valence-electron chi connectivity index (χ4n) is 2.37. The van der Waals surface area contributed by atoms with Gasteiger partial charge in [-0.2, -0.15) is 4.57 Å². The van der Waals surface area contributed by atoms with Crippen LogP contribution in [-0.2, 0) is 9.47 Å². The second kappa shape index (κ2) is 7.83. The smallest absolute Gasteiger partial charge is 0.344 e. The first-order valence-corrected chi connectivity index (χ1v) is 7.74. The molecule has 1 aromatic heterocycles. The minimum absolute atomic E-state index is 0.328. The van der Waals surface area contributed by atoms with Gasteiger partial charge in [-0.05, 0) is 18.4 Å². The Morgan fingerprint density at radius 1 is 1.39 bits per heavy atom. The van der Waals surface area contributed by atoms with Crippen LogP contribution in [0.5, 0.6) is 0 Å². The molecular formula is C16H24NO6+. The summed E-state index contributed by atoms with van der Waals surface area (Å²) in [6.45, 7) is 4.05. The molecule has 2 heterocycles. The fourth-order valence-corrected chi connectivity index (χ4v) is 2.37. The van der Waals surface area contributed by atoms with Gasteiger partial charge in [-0.25, -0.2) is 4.79 Å². The Bertz CT molecular complexity index is 535. The average molecular weight is 326 g/mol. The molecule has 2 unspecified atom stereocenters. The van der Waals surface area contributed by atoms with Gasteiger partial charge in [-0.15, -0.1) is 0 Å². The summed E-state index contributed by atoms with van der Waals surface area (Å²) in [5, 5.41) is 28.9. The molecule has 4 atom stereocenters. The third-order valence-electron chi connectivity index (χ3n) is 3.80. The van der Waals surface area contributed by atoms with Crippen LogP contribution in [0.4, 0.5) is 0 Å². The van der Waals surface area contributed by atoms with Crippen molar-refractivity contribution in [3.63, 3.8) is 0 Å². The van der Waals surface area contributed by atoms with Crippen LogP contribution in [0.3, 0.4) is 0 Å². The van der Waals surface area contributed by atoms with Gasteiger partial charge in [-0.1, -0.05) is 13.8 Å². The number of hydrogen-bond donors (Lipinski definition) is 3. The van der Waals surface area contributed by atoms with Gasteiger partial charge in [0.05, 0.1) is 13.2 Å². The molecule has 1 saturated heterocycles. The SMILES string of the molecule is CC(C)CCOC(=O)c1ccc[n+]([C@@H]2O[C@H](CO)C(O)C2O)c1. The Morgan fingerprint density at radius 3 is 2.74 bits per heavy atom. The molecule has 128 valence electrons. The quantitative estimate of drug-likeness (QED) is 0.494. The highest BCUT2D eigenvalue weighted by atomic mass is 16.6. The van der Waals surface area contributed by atoms with Crippen LogP contribution in [0, 0.1) is 5.92 Å². The van der Waals surface area contributed by atoms with Gasteiger partial charge in [0.2, 0.25) is 0 Å². The van der Waals surface area contributed by atoms with Crippen molar-refractivity contribution in [3.8, 4) is 0 Å². The third kappa shape index (κ3) is 4.26. The number of aliphatic hydroxyl groups excluding tert-OH is 3. The highest BCUT2D eigenvalue weighted by Gasteiger charge is 2.48. The summed E-state index contributed by atoms with van der Waals surface area (Å²) in [6.07, 6.45) is -0.199. The van der Waals surface area contributed by atoms with Gasteiger partial charge in [-0.3, -0.25) is 0 Å². The van der Waals surface area contributed by atoms with Crippen molar-refractivity contribution in [3.05, 3.63) is 30.1 Å². The molecule has 3 N–H and O–H groups in total. The maximum absolute atomic E-state index is 12.0. The van der Waals surface area contributed by atoms with Gasteiger partial charge < -0.3 is 24.8 Å². The van der Waals surface area contributed by atoms with Gasteiger partial charge in [0.25, 0.3) is 6.23 Å². The Balaban J connectivity index is 2.06. The van der Waals surface area contributed by atoms with E-state index in [9.17, 15) is 15.0 Å². The summed E-state index contributed by atoms with van der Waals surface area (Å²) in [4.78, 5) is 12.0. The van der Waals surface area contributed by atoms with E-state index in [1.54, 1.807) is 18.3 Å². The molecule has 1 aliphatic rings. The molecule has 1 fully saturated rings. The second-order valence-electron chi connectivity index (χ2n) is 6.09. The zero-order chi connectivity index (χ0) is 17.0. The first-order chi connectivity index (χ1) is 10.9. The van der Waals surface area contributed by atoms with Crippen LogP contribution in [-0.4, -0.2) is 52.8 Å². The van der Waals surface area contributed by atoms with Crippen molar-refractivity contribution in [2.24, 2.45) is 5.92 Å². The second-order valence-corrected chi connectivity index (χ2v) is 6.09. The van der Waals surface area contributed by atoms with E-state index in [1.807, 2.05) is 13.8 Å². The van der Waals surface area contributed by atoms with Crippen LogP contribution in [0.1, 0.15) is 36.9 Å². The number of carbonyl (C=O) groups excluding carboxylic acids is 1. The van der Waals surface area contributed by atoms with Crippen LogP contribution in [0.2, 0.25) is 0 Å². The van der Waals surface area contributed by atoms with E-state index in [-0.39, 0.29) is 0 Å². The van der Waals surface area contributed by atoms with Gasteiger partial charge in [0.1, 0.15) is 17.8 Å². The van der Waals surface area contributed by atoms with Crippen LogP contribution in [0.15, 0.2) is 24.5 Å². The van der Waals surface area contributed by atoms with Crippen LogP contribution >= 0.6 is 0 Å².